The van der Waals surface area contributed by atoms with Crippen LogP contribution in [0.1, 0.15) is 28.8 Å². The van der Waals surface area contributed by atoms with Crippen molar-refractivity contribution in [2.75, 3.05) is 6.61 Å². The predicted molar refractivity (Wildman–Crippen MR) is 81.3 cm³/mol. The lowest BCUT2D eigenvalue weighted by molar-refractivity contribution is 0.0522. The quantitative estimate of drug-likeness (QED) is 0.662. The molecule has 0 aliphatic rings. The lowest BCUT2D eigenvalue weighted by atomic mass is 10.3. The number of carbonyl (C=O) groups is 1. The Bertz CT molecular complexity index is 914. The summed E-state index contributed by atoms with van der Waals surface area (Å²) >= 11 is 0. The number of hydrogen-bond donors (Lipinski definition) is 0. The molecule has 0 unspecified atom stereocenters. The molecule has 0 spiro atoms. The standard InChI is InChI=1S/C15H15N5O3/c1-3-23-14(22)12-9-19(8-11-6-4-5-7-16-11)15-17-10(2)18-20(15)13(12)21/h4-7,9H,3,8H2,1-2H3. The zero-order valence-corrected chi connectivity index (χ0v) is 12.8. The average Bonchev–Trinajstić information content (AvgIpc) is 2.94. The molecular formula is C15H15N5O3. The molecule has 0 fully saturated rings. The summed E-state index contributed by atoms with van der Waals surface area (Å²) in [4.78, 5) is 32.9. The molecule has 0 amide bonds. The van der Waals surface area contributed by atoms with E-state index in [0.717, 1.165) is 10.2 Å². The van der Waals surface area contributed by atoms with E-state index in [2.05, 4.69) is 15.1 Å². The fourth-order valence-corrected chi connectivity index (χ4v) is 2.24. The Morgan fingerprint density at radius 2 is 2.17 bits per heavy atom. The molecule has 0 saturated heterocycles. The van der Waals surface area contributed by atoms with Gasteiger partial charge in [0, 0.05) is 12.4 Å². The molecule has 3 aromatic heterocycles. The Kier molecular flexibility index (Phi) is 3.88. The highest BCUT2D eigenvalue weighted by Crippen LogP contribution is 2.06. The molecule has 3 heterocycles. The van der Waals surface area contributed by atoms with Crippen LogP contribution in [0.4, 0.5) is 0 Å². The van der Waals surface area contributed by atoms with Gasteiger partial charge in [0.15, 0.2) is 0 Å². The number of rotatable bonds is 4. The van der Waals surface area contributed by atoms with Crippen molar-refractivity contribution in [1.29, 1.82) is 0 Å². The number of ether oxygens (including phenoxy) is 1. The smallest absolute Gasteiger partial charge is 0.345 e. The largest absolute Gasteiger partial charge is 0.462 e. The molecule has 0 radical (unpaired) electrons. The van der Waals surface area contributed by atoms with Crippen LogP contribution in [0.5, 0.6) is 0 Å². The van der Waals surface area contributed by atoms with Crippen LogP contribution in [0.3, 0.4) is 0 Å². The number of aromatic nitrogens is 5. The van der Waals surface area contributed by atoms with E-state index in [-0.39, 0.29) is 12.2 Å². The molecular weight excluding hydrogens is 298 g/mol. The second-order valence-electron chi connectivity index (χ2n) is 4.89. The topological polar surface area (TPSA) is 91.4 Å². The van der Waals surface area contributed by atoms with Crippen LogP contribution >= 0.6 is 0 Å². The Morgan fingerprint density at radius 1 is 1.35 bits per heavy atom. The van der Waals surface area contributed by atoms with Crippen LogP contribution in [-0.4, -0.2) is 36.7 Å². The van der Waals surface area contributed by atoms with E-state index in [1.807, 2.05) is 18.2 Å². The highest BCUT2D eigenvalue weighted by molar-refractivity contribution is 5.88. The molecule has 0 bridgehead atoms. The summed E-state index contributed by atoms with van der Waals surface area (Å²) in [6.45, 7) is 3.91. The minimum atomic E-state index is -0.678. The number of carbonyl (C=O) groups excluding carboxylic acids is 1. The van der Waals surface area contributed by atoms with E-state index < -0.39 is 11.5 Å². The second kappa shape index (κ2) is 5.99. The van der Waals surface area contributed by atoms with E-state index in [1.54, 1.807) is 24.6 Å². The average molecular weight is 313 g/mol. The first-order valence-electron chi connectivity index (χ1n) is 7.14. The number of aryl methyl sites for hydroxylation is 1. The first kappa shape index (κ1) is 14.9. The van der Waals surface area contributed by atoms with Gasteiger partial charge in [-0.1, -0.05) is 6.07 Å². The monoisotopic (exact) mass is 313 g/mol. The zero-order valence-electron chi connectivity index (χ0n) is 12.8. The van der Waals surface area contributed by atoms with Gasteiger partial charge in [0.1, 0.15) is 11.4 Å². The molecule has 118 valence electrons. The molecule has 0 atom stereocenters. The number of nitrogens with zero attached hydrogens (tertiary/aromatic N) is 5. The normalized spacial score (nSPS) is 10.9. The van der Waals surface area contributed by atoms with Gasteiger partial charge in [0.05, 0.1) is 18.8 Å². The first-order chi connectivity index (χ1) is 11.1. The highest BCUT2D eigenvalue weighted by atomic mass is 16.5. The lowest BCUT2D eigenvalue weighted by Gasteiger charge is -2.09. The number of esters is 1. The summed E-state index contributed by atoms with van der Waals surface area (Å²) in [5.41, 5.74) is 0.144. The van der Waals surface area contributed by atoms with Gasteiger partial charge >= 0.3 is 5.97 Å². The Hall–Kier alpha value is -3.03. The molecule has 8 heteroatoms. The SMILES string of the molecule is CCOC(=O)c1cn(Cc2ccccn2)c2nc(C)nn2c1=O. The third-order valence-corrected chi connectivity index (χ3v) is 3.21. The van der Waals surface area contributed by atoms with Gasteiger partial charge in [-0.3, -0.25) is 9.78 Å². The van der Waals surface area contributed by atoms with E-state index in [1.165, 1.54) is 6.20 Å². The molecule has 0 aliphatic carbocycles. The van der Waals surface area contributed by atoms with E-state index >= 15 is 0 Å². The van der Waals surface area contributed by atoms with Crippen molar-refractivity contribution in [1.82, 2.24) is 24.1 Å². The summed E-state index contributed by atoms with van der Waals surface area (Å²) in [7, 11) is 0. The second-order valence-corrected chi connectivity index (χ2v) is 4.89. The van der Waals surface area contributed by atoms with E-state index in [9.17, 15) is 9.59 Å². The van der Waals surface area contributed by atoms with Gasteiger partial charge in [-0.2, -0.15) is 9.50 Å². The van der Waals surface area contributed by atoms with Crippen molar-refractivity contribution >= 4 is 11.7 Å². The highest BCUT2D eigenvalue weighted by Gasteiger charge is 2.19. The number of hydrogen-bond acceptors (Lipinski definition) is 6. The van der Waals surface area contributed by atoms with Gasteiger partial charge in [-0.25, -0.2) is 4.79 Å². The molecule has 3 rings (SSSR count). The van der Waals surface area contributed by atoms with Crippen molar-refractivity contribution in [3.63, 3.8) is 0 Å². The number of fused-ring (bicyclic) bond motifs is 1. The Labute approximate surface area is 131 Å². The predicted octanol–water partition coefficient (Wildman–Crippen LogP) is 0.819. The summed E-state index contributed by atoms with van der Waals surface area (Å²) in [6.07, 6.45) is 3.12. The Balaban J connectivity index is 2.17. The van der Waals surface area contributed by atoms with Crippen LogP contribution in [-0.2, 0) is 11.3 Å². The maximum absolute atomic E-state index is 12.4. The van der Waals surface area contributed by atoms with Crippen LogP contribution in [0.25, 0.3) is 5.78 Å². The summed E-state index contributed by atoms with van der Waals surface area (Å²) in [5.74, 6) is 0.117. The first-order valence-corrected chi connectivity index (χ1v) is 7.14. The van der Waals surface area contributed by atoms with Gasteiger partial charge in [-0.15, -0.1) is 5.10 Å². The molecule has 3 aromatic rings. The van der Waals surface area contributed by atoms with Crippen molar-refractivity contribution in [2.45, 2.75) is 20.4 Å². The van der Waals surface area contributed by atoms with Gasteiger partial charge in [0.2, 0.25) is 5.78 Å². The molecule has 8 nitrogen and oxygen atoms in total. The van der Waals surface area contributed by atoms with Crippen LogP contribution in [0, 0.1) is 6.92 Å². The fourth-order valence-electron chi connectivity index (χ4n) is 2.24. The molecule has 0 N–H and O–H groups in total. The molecule has 0 aliphatic heterocycles. The van der Waals surface area contributed by atoms with Crippen LogP contribution in [0.15, 0.2) is 35.4 Å². The third kappa shape index (κ3) is 2.83. The van der Waals surface area contributed by atoms with Crippen LogP contribution < -0.4 is 5.56 Å². The van der Waals surface area contributed by atoms with Crippen molar-refractivity contribution < 1.29 is 9.53 Å². The maximum atomic E-state index is 12.4. The van der Waals surface area contributed by atoms with Crippen LogP contribution in [0.2, 0.25) is 0 Å². The fraction of sp³-hybridized carbons (Fsp3) is 0.267. The number of pyridine rings is 1. The Morgan fingerprint density at radius 3 is 2.87 bits per heavy atom. The summed E-state index contributed by atoms with van der Waals surface area (Å²) in [5, 5.41) is 4.06. The summed E-state index contributed by atoms with van der Waals surface area (Å²) < 4.78 is 7.72. The molecule has 23 heavy (non-hydrogen) atoms. The maximum Gasteiger partial charge on any atom is 0.345 e. The minimum Gasteiger partial charge on any atom is -0.462 e. The zero-order chi connectivity index (χ0) is 16.4. The van der Waals surface area contributed by atoms with E-state index in [4.69, 9.17) is 4.74 Å². The van der Waals surface area contributed by atoms with E-state index in [0.29, 0.717) is 18.1 Å². The van der Waals surface area contributed by atoms with Crippen molar-refractivity contribution in [2.24, 2.45) is 0 Å². The minimum absolute atomic E-state index is 0.0832. The van der Waals surface area contributed by atoms with Gasteiger partial charge in [-0.05, 0) is 26.0 Å². The summed E-state index contributed by atoms with van der Waals surface area (Å²) in [6, 6.07) is 5.53. The molecule has 0 aromatic carbocycles. The molecule has 0 saturated carbocycles. The third-order valence-electron chi connectivity index (χ3n) is 3.21. The van der Waals surface area contributed by atoms with Gasteiger partial charge < -0.3 is 9.30 Å². The van der Waals surface area contributed by atoms with Gasteiger partial charge in [0.25, 0.3) is 5.56 Å². The van der Waals surface area contributed by atoms with Crippen molar-refractivity contribution in [3.05, 3.63) is 58.0 Å². The lowest BCUT2D eigenvalue weighted by Crippen LogP contribution is -2.27. The van der Waals surface area contributed by atoms with Crippen molar-refractivity contribution in [3.8, 4) is 0 Å².